The highest BCUT2D eigenvalue weighted by Crippen LogP contribution is 2.28. The molecule has 4 rings (SSSR count). The summed E-state index contributed by atoms with van der Waals surface area (Å²) in [7, 11) is 0. The fourth-order valence-corrected chi connectivity index (χ4v) is 4.26. The van der Waals surface area contributed by atoms with Crippen molar-refractivity contribution in [3.05, 3.63) is 64.6 Å². The number of benzene rings is 1. The third-order valence-electron chi connectivity index (χ3n) is 4.73. The SMILES string of the molecule is O=C(NCc1ccc(NC(=O)c2ccco2)cc1)Nc1nc2c(s1)CCCCC2. The van der Waals surface area contributed by atoms with Crippen molar-refractivity contribution in [2.45, 2.75) is 38.6 Å². The molecule has 3 aromatic rings. The first kappa shape index (κ1) is 19.2. The van der Waals surface area contributed by atoms with Crippen molar-refractivity contribution in [3.63, 3.8) is 0 Å². The molecule has 1 aliphatic rings. The summed E-state index contributed by atoms with van der Waals surface area (Å²) < 4.78 is 5.07. The van der Waals surface area contributed by atoms with Crippen molar-refractivity contribution in [1.82, 2.24) is 10.3 Å². The molecular weight excluding hydrogens is 388 g/mol. The van der Waals surface area contributed by atoms with Crippen LogP contribution in [0.1, 0.15) is 46.0 Å². The maximum Gasteiger partial charge on any atom is 0.321 e. The van der Waals surface area contributed by atoms with Crippen molar-refractivity contribution in [2.24, 2.45) is 0 Å². The van der Waals surface area contributed by atoms with Gasteiger partial charge in [-0.05, 0) is 55.5 Å². The van der Waals surface area contributed by atoms with Crippen molar-refractivity contribution in [1.29, 1.82) is 0 Å². The van der Waals surface area contributed by atoms with Gasteiger partial charge in [-0.15, -0.1) is 11.3 Å². The van der Waals surface area contributed by atoms with E-state index < -0.39 is 0 Å². The third-order valence-corrected chi connectivity index (χ3v) is 5.80. The molecule has 0 atom stereocenters. The van der Waals surface area contributed by atoms with Crippen molar-refractivity contribution in [2.75, 3.05) is 10.6 Å². The molecule has 0 saturated carbocycles. The van der Waals surface area contributed by atoms with E-state index in [-0.39, 0.29) is 17.7 Å². The van der Waals surface area contributed by atoms with Crippen molar-refractivity contribution < 1.29 is 14.0 Å². The van der Waals surface area contributed by atoms with Gasteiger partial charge in [-0.25, -0.2) is 9.78 Å². The van der Waals surface area contributed by atoms with Crippen LogP contribution in [0.15, 0.2) is 47.1 Å². The largest absolute Gasteiger partial charge is 0.459 e. The minimum Gasteiger partial charge on any atom is -0.459 e. The highest BCUT2D eigenvalue weighted by Gasteiger charge is 2.15. The van der Waals surface area contributed by atoms with E-state index >= 15 is 0 Å². The van der Waals surface area contributed by atoms with Crippen LogP contribution < -0.4 is 16.0 Å². The summed E-state index contributed by atoms with van der Waals surface area (Å²) in [5.74, 6) is -0.0472. The van der Waals surface area contributed by atoms with E-state index in [1.165, 1.54) is 30.4 Å². The van der Waals surface area contributed by atoms with Crippen LogP contribution >= 0.6 is 11.3 Å². The second-order valence-electron chi connectivity index (χ2n) is 6.89. The van der Waals surface area contributed by atoms with Gasteiger partial charge in [0.15, 0.2) is 10.9 Å². The summed E-state index contributed by atoms with van der Waals surface area (Å²) in [6, 6.07) is 10.3. The number of hydrogen-bond acceptors (Lipinski definition) is 5. The normalized spacial score (nSPS) is 13.2. The van der Waals surface area contributed by atoms with Gasteiger partial charge in [-0.1, -0.05) is 18.6 Å². The summed E-state index contributed by atoms with van der Waals surface area (Å²) in [6.45, 7) is 0.378. The van der Waals surface area contributed by atoms with Gasteiger partial charge in [0, 0.05) is 17.1 Å². The molecule has 0 radical (unpaired) electrons. The number of furan rings is 1. The first-order valence-corrected chi connectivity index (χ1v) is 10.5. The molecule has 2 heterocycles. The molecule has 0 aliphatic heterocycles. The van der Waals surface area contributed by atoms with Gasteiger partial charge in [-0.2, -0.15) is 0 Å². The summed E-state index contributed by atoms with van der Waals surface area (Å²) in [6.07, 6.45) is 7.12. The molecule has 3 N–H and O–H groups in total. The number of carbonyl (C=O) groups is 2. The zero-order chi connectivity index (χ0) is 20.1. The van der Waals surface area contributed by atoms with E-state index in [1.807, 2.05) is 12.1 Å². The van der Waals surface area contributed by atoms with Gasteiger partial charge < -0.3 is 15.1 Å². The predicted octanol–water partition coefficient (Wildman–Crippen LogP) is 4.58. The zero-order valence-corrected chi connectivity index (χ0v) is 16.7. The number of rotatable bonds is 5. The average molecular weight is 410 g/mol. The highest BCUT2D eigenvalue weighted by atomic mass is 32.1. The van der Waals surface area contributed by atoms with Gasteiger partial charge in [0.25, 0.3) is 5.91 Å². The number of thiazole rings is 1. The smallest absolute Gasteiger partial charge is 0.321 e. The van der Waals surface area contributed by atoms with E-state index in [2.05, 4.69) is 20.9 Å². The molecule has 1 aliphatic carbocycles. The minimum absolute atomic E-state index is 0.256. The Labute approximate surface area is 172 Å². The number of hydrogen-bond donors (Lipinski definition) is 3. The van der Waals surface area contributed by atoms with Gasteiger partial charge in [0.05, 0.1) is 12.0 Å². The van der Waals surface area contributed by atoms with Gasteiger partial charge in [0.1, 0.15) is 0 Å². The van der Waals surface area contributed by atoms with Crippen LogP contribution in [-0.2, 0) is 19.4 Å². The molecule has 8 heteroatoms. The predicted molar refractivity (Wildman–Crippen MR) is 112 cm³/mol. The monoisotopic (exact) mass is 410 g/mol. The Morgan fingerprint density at radius 3 is 2.66 bits per heavy atom. The fraction of sp³-hybridized carbons (Fsp3) is 0.286. The Morgan fingerprint density at radius 1 is 1.03 bits per heavy atom. The number of fused-ring (bicyclic) bond motifs is 1. The van der Waals surface area contributed by atoms with Crippen LogP contribution in [-0.4, -0.2) is 16.9 Å². The lowest BCUT2D eigenvalue weighted by atomic mass is 10.2. The number of aryl methyl sites for hydroxylation is 2. The zero-order valence-electron chi connectivity index (χ0n) is 15.9. The molecule has 0 bridgehead atoms. The van der Waals surface area contributed by atoms with E-state index in [0.29, 0.717) is 17.4 Å². The number of anilines is 2. The Bertz CT molecular complexity index is 957. The Balaban J connectivity index is 1.26. The number of aromatic nitrogens is 1. The summed E-state index contributed by atoms with van der Waals surface area (Å²) in [5, 5.41) is 9.09. The maximum absolute atomic E-state index is 12.2. The Morgan fingerprint density at radius 2 is 1.86 bits per heavy atom. The van der Waals surface area contributed by atoms with Gasteiger partial charge >= 0.3 is 6.03 Å². The fourth-order valence-electron chi connectivity index (χ4n) is 3.21. The third kappa shape index (κ3) is 5.03. The lowest BCUT2D eigenvalue weighted by Crippen LogP contribution is -2.28. The van der Waals surface area contributed by atoms with Crippen molar-refractivity contribution in [3.8, 4) is 0 Å². The molecule has 0 fully saturated rings. The van der Waals surface area contributed by atoms with Crippen LogP contribution in [0.25, 0.3) is 0 Å². The molecule has 1 aromatic carbocycles. The summed E-state index contributed by atoms with van der Waals surface area (Å²) in [5.41, 5.74) is 2.71. The molecule has 29 heavy (non-hydrogen) atoms. The maximum atomic E-state index is 12.2. The number of urea groups is 1. The molecule has 0 unspecified atom stereocenters. The first-order chi connectivity index (χ1) is 14.2. The molecule has 150 valence electrons. The van der Waals surface area contributed by atoms with E-state index in [4.69, 9.17) is 4.42 Å². The van der Waals surface area contributed by atoms with Crippen LogP contribution in [0, 0.1) is 0 Å². The number of amides is 3. The second kappa shape index (κ2) is 8.91. The van der Waals surface area contributed by atoms with Gasteiger partial charge in [-0.3, -0.25) is 10.1 Å². The Hall–Kier alpha value is -3.13. The molecular formula is C21H22N4O3S. The van der Waals surface area contributed by atoms with Crippen LogP contribution in [0.4, 0.5) is 15.6 Å². The molecule has 0 spiro atoms. The lowest BCUT2D eigenvalue weighted by Gasteiger charge is -2.07. The molecule has 7 nitrogen and oxygen atoms in total. The first-order valence-electron chi connectivity index (χ1n) is 9.64. The van der Waals surface area contributed by atoms with Gasteiger partial charge in [0.2, 0.25) is 0 Å². The van der Waals surface area contributed by atoms with Crippen LogP contribution in [0.2, 0.25) is 0 Å². The topological polar surface area (TPSA) is 96.3 Å². The van der Waals surface area contributed by atoms with E-state index in [1.54, 1.807) is 35.6 Å². The van der Waals surface area contributed by atoms with Crippen LogP contribution in [0.3, 0.4) is 0 Å². The average Bonchev–Trinajstić information content (AvgIpc) is 3.33. The molecule has 2 aromatic heterocycles. The standard InChI is InChI=1S/C21H22N4O3S/c26-19(17-6-4-12-28-17)23-15-10-8-14(9-11-15)13-22-20(27)25-21-24-16-5-2-1-3-7-18(16)29-21/h4,6,8-12H,1-3,5,7,13H2,(H,23,26)(H2,22,24,25,27). The lowest BCUT2D eigenvalue weighted by molar-refractivity contribution is 0.0996. The minimum atomic E-state index is -0.304. The number of carbonyl (C=O) groups excluding carboxylic acids is 2. The second-order valence-corrected chi connectivity index (χ2v) is 7.97. The van der Waals surface area contributed by atoms with Crippen LogP contribution in [0.5, 0.6) is 0 Å². The highest BCUT2D eigenvalue weighted by molar-refractivity contribution is 7.15. The molecule has 3 amide bonds. The van der Waals surface area contributed by atoms with E-state index in [9.17, 15) is 9.59 Å². The van der Waals surface area contributed by atoms with Crippen molar-refractivity contribution >= 4 is 34.1 Å². The number of nitrogens with zero attached hydrogens (tertiary/aromatic N) is 1. The van der Waals surface area contributed by atoms with E-state index in [0.717, 1.165) is 24.1 Å². The Kier molecular flexibility index (Phi) is 5.90. The number of nitrogens with one attached hydrogen (secondary N) is 3. The summed E-state index contributed by atoms with van der Waals surface area (Å²) in [4.78, 5) is 30.0. The molecule has 0 saturated heterocycles. The quantitative estimate of drug-likeness (QED) is 0.537. The summed E-state index contributed by atoms with van der Waals surface area (Å²) >= 11 is 1.57.